The number of imidazole rings is 3. The summed E-state index contributed by atoms with van der Waals surface area (Å²) >= 11 is 3.02. The molecule has 0 spiro atoms. The number of H-pyrrole nitrogens is 3. The first-order valence-electron chi connectivity index (χ1n) is 36.4. The van der Waals surface area contributed by atoms with Gasteiger partial charge >= 0.3 is 56.2 Å². The molecule has 15 rings (SSSR count). The zero-order valence-electron chi connectivity index (χ0n) is 63.4. The summed E-state index contributed by atoms with van der Waals surface area (Å²) in [6.07, 6.45) is -23.2. The molecule has 5 unspecified atom stereocenters. The molecule has 123 heavy (non-hydrogen) atoms. The normalized spacial score (nSPS) is 30.5. The van der Waals surface area contributed by atoms with Crippen molar-refractivity contribution in [1.29, 1.82) is 0 Å². The van der Waals surface area contributed by atoms with E-state index in [1.165, 1.54) is 45.9 Å². The lowest BCUT2D eigenvalue weighted by molar-refractivity contribution is -0.0671. The molecule has 6 fully saturated rings. The van der Waals surface area contributed by atoms with Crippen molar-refractivity contribution in [3.05, 3.63) is 135 Å². The van der Waals surface area contributed by atoms with Gasteiger partial charge in [0.2, 0.25) is 0 Å². The van der Waals surface area contributed by atoms with Crippen molar-refractivity contribution in [1.82, 2.24) is 87.2 Å². The predicted molar refractivity (Wildman–Crippen MR) is 405 cm³/mol. The van der Waals surface area contributed by atoms with E-state index in [4.69, 9.17) is 100 Å². The number of anilines is 3. The fourth-order valence-corrected chi connectivity index (χ4v) is 19.6. The van der Waals surface area contributed by atoms with Gasteiger partial charge in [-0.2, -0.15) is 0 Å². The Labute approximate surface area is 692 Å². The van der Waals surface area contributed by atoms with Gasteiger partial charge in [-0.1, -0.05) is 0 Å². The number of hydrogen-bond acceptors (Lipinski definition) is 43. The first-order chi connectivity index (χ1) is 58.4. The summed E-state index contributed by atoms with van der Waals surface area (Å²) in [5.74, 6) is -0.0178. The van der Waals surface area contributed by atoms with E-state index in [0.717, 1.165) is 65.2 Å². The Hall–Kier alpha value is -8.28. The monoisotopic (exact) mass is 1900 g/mol. The second-order valence-electron chi connectivity index (χ2n) is 28.0. The maximum absolute atomic E-state index is 14.7. The molecule has 16 N–H and O–H groups in total. The highest BCUT2D eigenvalue weighted by Crippen LogP contribution is 2.57. The van der Waals surface area contributed by atoms with Crippen LogP contribution in [0.15, 0.2) is 95.9 Å². The highest BCUT2D eigenvalue weighted by atomic mass is 79.9. The molecule has 63 heteroatoms. The van der Waals surface area contributed by atoms with E-state index < -0.39 is 248 Å². The van der Waals surface area contributed by atoms with Gasteiger partial charge in [-0.3, -0.25) is 102 Å². The third kappa shape index (κ3) is 19.4. The fourth-order valence-electron chi connectivity index (χ4n) is 14.5. The molecule has 0 radical (unpaired) electrons. The lowest BCUT2D eigenvalue weighted by Gasteiger charge is -2.28. The molecule has 0 bridgehead atoms. The maximum Gasteiger partial charge on any atom is 0.472 e. The van der Waals surface area contributed by atoms with E-state index in [-0.39, 0.29) is 73.8 Å². The molecule has 6 saturated heterocycles. The second kappa shape index (κ2) is 35.9. The minimum Gasteiger partial charge on any atom is -0.394 e. The first kappa shape index (κ1) is 89.5. The molecule has 0 aromatic carbocycles. The zero-order valence-corrected chi connectivity index (χ0v) is 69.5. The molecule has 668 valence electrons. The quantitative estimate of drug-likeness (QED) is 0.0191. The summed E-state index contributed by atoms with van der Waals surface area (Å²) in [6, 6.07) is 0.867. The summed E-state index contributed by atoms with van der Waals surface area (Å²) in [6.45, 7) is -4.83. The number of ether oxygens (including phenoxy) is 8. The van der Waals surface area contributed by atoms with Crippen molar-refractivity contribution < 1.29 is 141 Å². The third-order valence-electron chi connectivity index (χ3n) is 20.2. The van der Waals surface area contributed by atoms with Crippen LogP contribution in [0.4, 0.5) is 17.5 Å². The maximum atomic E-state index is 14.7. The number of aliphatic hydroxyl groups is 2. The number of phosphoric acid groups is 5. The molecular weight excluding hydrogens is 1830 g/mol. The lowest BCUT2D eigenvalue weighted by Crippen LogP contribution is -2.41. The van der Waals surface area contributed by atoms with E-state index in [0.29, 0.717) is 0 Å². The van der Waals surface area contributed by atoms with Crippen LogP contribution in [0.3, 0.4) is 0 Å². The predicted octanol–water partition coefficient (Wildman–Crippen LogP) is -2.19. The summed E-state index contributed by atoms with van der Waals surface area (Å²) in [7, 11) is -25.9. The van der Waals surface area contributed by atoms with Gasteiger partial charge in [-0.15, -0.1) is 0 Å². The summed E-state index contributed by atoms with van der Waals surface area (Å²) in [4.78, 5) is 178. The van der Waals surface area contributed by atoms with E-state index >= 15 is 0 Å². The molecule has 6 aliphatic rings. The van der Waals surface area contributed by atoms with Crippen LogP contribution in [0.25, 0.3) is 33.5 Å². The van der Waals surface area contributed by atoms with Crippen LogP contribution in [-0.4, -0.2) is 261 Å². The average Bonchev–Trinajstić information content (AvgIpc) is 1.62. The van der Waals surface area contributed by atoms with Crippen molar-refractivity contribution in [2.75, 3.05) is 71.1 Å². The number of nitrogens with one attached hydrogen (secondary N) is 3. The van der Waals surface area contributed by atoms with E-state index in [1.54, 1.807) is 0 Å². The zero-order chi connectivity index (χ0) is 87.7. The number of fused-ring (bicyclic) bond motifs is 3. The summed E-state index contributed by atoms with van der Waals surface area (Å²) in [5, 5.41) is 21.3. The lowest BCUT2D eigenvalue weighted by atomic mass is 10.1. The Balaban J connectivity index is 0.646. The van der Waals surface area contributed by atoms with Crippen molar-refractivity contribution >= 4 is 106 Å². The smallest absolute Gasteiger partial charge is 0.394 e. The van der Waals surface area contributed by atoms with Crippen LogP contribution >= 0.6 is 55.0 Å². The number of methoxy groups -OCH3 is 2. The molecule has 6 aliphatic heterocycles. The van der Waals surface area contributed by atoms with Crippen molar-refractivity contribution in [3.63, 3.8) is 0 Å². The van der Waals surface area contributed by atoms with Gasteiger partial charge in [-0.05, 0) is 22.9 Å². The fraction of sp³-hybridized carbons (Fsp3) is 0.550. The Morgan fingerprint density at radius 1 is 0.447 bits per heavy atom. The molecule has 9 aromatic heterocycles. The number of hydrogen-bond donors (Lipinski definition) is 13. The van der Waals surface area contributed by atoms with Gasteiger partial charge in [0.25, 0.3) is 16.7 Å². The van der Waals surface area contributed by atoms with Crippen LogP contribution in [0, 0.1) is 6.92 Å². The van der Waals surface area contributed by atoms with Gasteiger partial charge in [0.05, 0.1) is 69.2 Å². The topological polar surface area (TPSA) is 767 Å². The number of aryl methyl sites for hydroxylation is 1. The molecule has 0 saturated carbocycles. The molecule has 15 heterocycles. The van der Waals surface area contributed by atoms with E-state index in [9.17, 15) is 86.3 Å². The number of aliphatic hydroxyl groups excluding tert-OH is 2. The van der Waals surface area contributed by atoms with Gasteiger partial charge in [0, 0.05) is 70.1 Å². The largest absolute Gasteiger partial charge is 0.472 e. The Morgan fingerprint density at radius 3 is 1.25 bits per heavy atom. The summed E-state index contributed by atoms with van der Waals surface area (Å²) in [5.41, 5.74) is 13.0. The minimum absolute atomic E-state index is 0.00488. The number of nitrogen functional groups attached to an aromatic ring is 3. The van der Waals surface area contributed by atoms with Crippen molar-refractivity contribution in [2.45, 2.75) is 155 Å². The standard InChI is InChI=1S/C60H75BrN21O36P5/c1-24-10-78(59(89)75-54(24)86)38-8-28(115-119(91,92)103-13-31-26(84)6-37(109-31)80-21-71-41-48(62)65-18-68-51(41)80)32(110-38)14-104-120(93,94)116-29-9-40(82-23-73-43-50(64)67-20-70-53(43)82)111-33(29)15-105-122(97,98)117-44-34(112-56(46(44)101-2)77-5-4-36(85)74-58(77)88)17-107-123(99,100)118-45-35(113-57(47(45)102-3)79-11-25(61)55(87)76-60(79)90)16-106-121(95,96)114-27-7-39(108-30(27)12-83)81-22-72-42-49(63)66-19-69-52(42)81/h4-5,10-11,18-23,26-35,37-40,44-47,56-57,83-84H,6-9,12-17H2,1-3H3,(H,91,92)(H,93,94)(H,95,96)(H,97,98)(H,99,100)(H2,62,65,68)(H2,63,66,69)(H2,64,67,70)(H,74,85,88)(H,75,86,89)(H,76,87,90)/t26-,27-,28-,29-,30+,31+,32+,33+,34+,35+,37+,38+,39+,40+,44+,45+,46+,47+,56+,57+/m0/s1. The van der Waals surface area contributed by atoms with Crippen molar-refractivity contribution in [3.8, 4) is 0 Å². The number of aromatic amines is 3. The average molecular weight is 1900 g/mol. The minimum atomic E-state index is -5.80. The molecule has 57 nitrogen and oxygen atoms in total. The Kier molecular flexibility index (Phi) is 26.1. The molecule has 0 aliphatic carbocycles. The van der Waals surface area contributed by atoms with E-state index in [2.05, 4.69) is 65.8 Å². The number of nitrogens with zero attached hydrogens (tertiary/aromatic N) is 15. The van der Waals surface area contributed by atoms with Crippen LogP contribution in [-0.2, 0) is 106 Å². The highest BCUT2D eigenvalue weighted by molar-refractivity contribution is 9.10. The van der Waals surface area contributed by atoms with Gasteiger partial charge in [0.15, 0.2) is 46.9 Å². The Morgan fingerprint density at radius 2 is 0.813 bits per heavy atom. The van der Waals surface area contributed by atoms with Gasteiger partial charge in [0.1, 0.15) is 140 Å². The molecule has 9 aromatic rings. The summed E-state index contributed by atoms with van der Waals surface area (Å²) < 4.78 is 181. The molecular formula is C60H75BrN21O36P5. The molecule has 0 amide bonds. The van der Waals surface area contributed by atoms with Gasteiger partial charge in [-0.25, -0.2) is 82.1 Å². The highest BCUT2D eigenvalue weighted by Gasteiger charge is 2.56. The first-order valence-corrected chi connectivity index (χ1v) is 44.6. The van der Waals surface area contributed by atoms with Gasteiger partial charge < -0.3 is 89.8 Å². The number of halogens is 1. The van der Waals surface area contributed by atoms with E-state index in [1.807, 2.05) is 9.97 Å². The molecule has 25 atom stereocenters. The number of nitrogens with two attached hydrogens (primary N) is 3. The van der Waals surface area contributed by atoms with Crippen LogP contribution < -0.4 is 50.9 Å². The number of rotatable bonds is 34. The third-order valence-corrected chi connectivity index (χ3v) is 25.8. The number of phosphoric ester groups is 5. The van der Waals surface area contributed by atoms with Crippen LogP contribution in [0.2, 0.25) is 0 Å². The van der Waals surface area contributed by atoms with Crippen molar-refractivity contribution in [2.24, 2.45) is 0 Å². The van der Waals surface area contributed by atoms with Crippen LogP contribution in [0.1, 0.15) is 68.6 Å². The van der Waals surface area contributed by atoms with Crippen LogP contribution in [0.5, 0.6) is 0 Å². The second-order valence-corrected chi connectivity index (χ2v) is 35.9. The Bertz CT molecular complexity index is 6080. The number of aromatic nitrogens is 18. The SMILES string of the molecule is CO[C@@H]1[C@H](OP(=O)(O)OC[C@H]2O[C@@H](n3cnc4c(N)ncnc43)C[C@@H]2OP(=O)(O)OC[C@H]2O[C@@H](n3cc(C)c(=O)[nH]c3=O)C[C@@H]2OP(=O)(O)OC[C@H]2O[C@@H](n3cnc4c(N)ncnc43)C[C@@H]2O)[C@@H](COP(=O)(O)O[C@H]2[C@@H](OC)[C@H](n3cc(Br)c(=O)[nH]c3=O)O[C@@H]2COP(=O)(O)O[C@H]2C[C@H](n3cnc4c(N)ncnc43)O[C@@H]2CO)O[C@H]1n1ccc(=O)[nH]c1=O.